The second-order valence-electron chi connectivity index (χ2n) is 3.90. The quantitative estimate of drug-likeness (QED) is 0.887. The third kappa shape index (κ3) is 2.65. The lowest BCUT2D eigenvalue weighted by atomic mass is 10.2. The van der Waals surface area contributed by atoms with E-state index in [2.05, 4.69) is 15.3 Å². The van der Waals surface area contributed by atoms with E-state index < -0.39 is 5.97 Å². The van der Waals surface area contributed by atoms with Gasteiger partial charge in [-0.05, 0) is 26.0 Å². The molecule has 0 aromatic carbocycles. The highest BCUT2D eigenvalue weighted by atomic mass is 32.1. The molecule has 2 N–H and O–H groups in total. The van der Waals surface area contributed by atoms with E-state index in [1.807, 2.05) is 19.2 Å². The Morgan fingerprint density at radius 1 is 1.56 bits per heavy atom. The van der Waals surface area contributed by atoms with Crippen molar-refractivity contribution in [2.24, 2.45) is 0 Å². The van der Waals surface area contributed by atoms with E-state index in [1.54, 1.807) is 23.5 Å². The fourth-order valence-corrected chi connectivity index (χ4v) is 2.36. The summed E-state index contributed by atoms with van der Waals surface area (Å²) in [4.78, 5) is 19.2. The van der Waals surface area contributed by atoms with Gasteiger partial charge in [0, 0.05) is 17.3 Å². The number of nitrogens with zero attached hydrogens (tertiary/aromatic N) is 2. The van der Waals surface area contributed by atoms with E-state index in [9.17, 15) is 4.79 Å². The van der Waals surface area contributed by atoms with Crippen LogP contribution >= 0.6 is 11.3 Å². The van der Waals surface area contributed by atoms with Gasteiger partial charge in [0.05, 0.1) is 11.7 Å². The van der Waals surface area contributed by atoms with E-state index in [0.29, 0.717) is 5.69 Å². The summed E-state index contributed by atoms with van der Waals surface area (Å²) in [6, 6.07) is 3.35. The second-order valence-corrected chi connectivity index (χ2v) is 4.79. The lowest BCUT2D eigenvalue weighted by Gasteiger charge is -2.13. The zero-order valence-corrected chi connectivity index (χ0v) is 10.9. The van der Waals surface area contributed by atoms with Gasteiger partial charge in [0.25, 0.3) is 0 Å². The van der Waals surface area contributed by atoms with Crippen LogP contribution in [0.15, 0.2) is 23.7 Å². The van der Waals surface area contributed by atoms with Gasteiger partial charge in [0.2, 0.25) is 0 Å². The number of hydrogen-bond donors (Lipinski definition) is 2. The molecule has 0 fully saturated rings. The van der Waals surface area contributed by atoms with Gasteiger partial charge in [0.15, 0.2) is 5.69 Å². The van der Waals surface area contributed by atoms with Crippen molar-refractivity contribution in [1.82, 2.24) is 9.97 Å². The van der Waals surface area contributed by atoms with E-state index in [4.69, 9.17) is 5.11 Å². The lowest BCUT2D eigenvalue weighted by Crippen LogP contribution is -2.11. The number of hydrogen-bond acceptors (Lipinski definition) is 5. The Kier molecular flexibility index (Phi) is 3.57. The highest BCUT2D eigenvalue weighted by Crippen LogP contribution is 2.23. The van der Waals surface area contributed by atoms with Crippen molar-refractivity contribution in [3.63, 3.8) is 0 Å². The standard InChI is InChI=1S/C12H13N3O2S/c1-7-6-18-11(14-7)8(2)15-9-4-3-5-13-10(9)12(16)17/h3-6,8,15H,1-2H3,(H,16,17). The third-order valence-corrected chi connectivity index (χ3v) is 3.53. The molecule has 0 bridgehead atoms. The van der Waals surface area contributed by atoms with Gasteiger partial charge in [-0.25, -0.2) is 14.8 Å². The Hall–Kier alpha value is -1.95. The van der Waals surface area contributed by atoms with E-state index in [1.165, 1.54) is 6.20 Å². The molecule has 0 saturated carbocycles. The molecule has 2 rings (SSSR count). The molecule has 0 aliphatic carbocycles. The van der Waals surface area contributed by atoms with Crippen LogP contribution in [0.5, 0.6) is 0 Å². The van der Waals surface area contributed by atoms with Crippen LogP contribution in [0, 0.1) is 6.92 Å². The van der Waals surface area contributed by atoms with Crippen molar-refractivity contribution in [1.29, 1.82) is 0 Å². The van der Waals surface area contributed by atoms with Crippen molar-refractivity contribution in [3.8, 4) is 0 Å². The number of carbonyl (C=O) groups is 1. The zero-order valence-electron chi connectivity index (χ0n) is 10.0. The number of carboxylic acids is 1. The summed E-state index contributed by atoms with van der Waals surface area (Å²) in [5.41, 5.74) is 1.50. The summed E-state index contributed by atoms with van der Waals surface area (Å²) in [5.74, 6) is -1.04. The van der Waals surface area contributed by atoms with E-state index in [-0.39, 0.29) is 11.7 Å². The Bertz CT molecular complexity index is 568. The number of nitrogens with one attached hydrogen (secondary N) is 1. The molecule has 0 aliphatic rings. The Labute approximate surface area is 109 Å². The average molecular weight is 263 g/mol. The lowest BCUT2D eigenvalue weighted by molar-refractivity contribution is 0.0691. The van der Waals surface area contributed by atoms with Crippen LogP contribution < -0.4 is 5.32 Å². The topological polar surface area (TPSA) is 75.1 Å². The van der Waals surface area contributed by atoms with E-state index >= 15 is 0 Å². The van der Waals surface area contributed by atoms with Crippen LogP contribution in [-0.4, -0.2) is 21.0 Å². The Morgan fingerprint density at radius 3 is 2.94 bits per heavy atom. The van der Waals surface area contributed by atoms with Crippen LogP contribution in [0.1, 0.15) is 34.2 Å². The highest BCUT2D eigenvalue weighted by Gasteiger charge is 2.15. The molecule has 2 aromatic rings. The number of anilines is 1. The minimum absolute atomic E-state index is 0.0256. The van der Waals surface area contributed by atoms with Crippen LogP contribution in [0.2, 0.25) is 0 Å². The van der Waals surface area contributed by atoms with Gasteiger partial charge in [-0.1, -0.05) is 0 Å². The average Bonchev–Trinajstić information content (AvgIpc) is 2.76. The second kappa shape index (κ2) is 5.14. The molecule has 6 heteroatoms. The van der Waals surface area contributed by atoms with Gasteiger partial charge >= 0.3 is 5.97 Å². The number of pyridine rings is 1. The molecule has 5 nitrogen and oxygen atoms in total. The number of aryl methyl sites for hydroxylation is 1. The Balaban J connectivity index is 2.21. The summed E-state index contributed by atoms with van der Waals surface area (Å²) in [6.07, 6.45) is 1.47. The molecular weight excluding hydrogens is 250 g/mol. The monoisotopic (exact) mass is 263 g/mol. The molecule has 2 heterocycles. The van der Waals surface area contributed by atoms with Crippen molar-refractivity contribution >= 4 is 23.0 Å². The molecule has 0 aliphatic heterocycles. The number of aromatic carboxylic acids is 1. The molecule has 0 saturated heterocycles. The predicted octanol–water partition coefficient (Wildman–Crippen LogP) is 2.72. The van der Waals surface area contributed by atoms with Crippen LogP contribution in [0.3, 0.4) is 0 Å². The first-order valence-electron chi connectivity index (χ1n) is 5.45. The first kappa shape index (κ1) is 12.5. The molecular formula is C12H13N3O2S. The highest BCUT2D eigenvalue weighted by molar-refractivity contribution is 7.09. The maximum Gasteiger partial charge on any atom is 0.356 e. The van der Waals surface area contributed by atoms with Crippen molar-refractivity contribution < 1.29 is 9.90 Å². The Morgan fingerprint density at radius 2 is 2.33 bits per heavy atom. The zero-order chi connectivity index (χ0) is 13.1. The molecule has 18 heavy (non-hydrogen) atoms. The first-order valence-corrected chi connectivity index (χ1v) is 6.32. The van der Waals surface area contributed by atoms with Gasteiger partial charge in [0.1, 0.15) is 5.01 Å². The van der Waals surface area contributed by atoms with Crippen LogP contribution in [0.4, 0.5) is 5.69 Å². The maximum absolute atomic E-state index is 11.0. The van der Waals surface area contributed by atoms with Crippen LogP contribution in [-0.2, 0) is 0 Å². The van der Waals surface area contributed by atoms with Crippen molar-refractivity contribution in [2.45, 2.75) is 19.9 Å². The van der Waals surface area contributed by atoms with Crippen LogP contribution in [0.25, 0.3) is 0 Å². The summed E-state index contributed by atoms with van der Waals surface area (Å²) in [6.45, 7) is 3.87. The SMILES string of the molecule is Cc1csc(C(C)Nc2cccnc2C(=O)O)n1. The summed E-state index contributed by atoms with van der Waals surface area (Å²) < 4.78 is 0. The molecule has 2 aromatic heterocycles. The number of carboxylic acid groups (broad SMARTS) is 1. The van der Waals surface area contributed by atoms with Crippen molar-refractivity contribution in [3.05, 3.63) is 40.1 Å². The van der Waals surface area contributed by atoms with Gasteiger partial charge in [-0.3, -0.25) is 0 Å². The molecule has 1 atom stereocenters. The minimum atomic E-state index is -1.04. The summed E-state index contributed by atoms with van der Waals surface area (Å²) in [5, 5.41) is 15.1. The summed E-state index contributed by atoms with van der Waals surface area (Å²) in [7, 11) is 0. The van der Waals surface area contributed by atoms with Gasteiger partial charge in [-0.15, -0.1) is 11.3 Å². The predicted molar refractivity (Wildman–Crippen MR) is 70.1 cm³/mol. The summed E-state index contributed by atoms with van der Waals surface area (Å²) >= 11 is 1.55. The van der Waals surface area contributed by atoms with E-state index in [0.717, 1.165) is 10.7 Å². The van der Waals surface area contributed by atoms with Gasteiger partial charge < -0.3 is 10.4 Å². The molecule has 94 valence electrons. The number of aromatic nitrogens is 2. The molecule has 1 unspecified atom stereocenters. The maximum atomic E-state index is 11.0. The fourth-order valence-electron chi connectivity index (χ4n) is 1.56. The normalized spacial score (nSPS) is 12.1. The third-order valence-electron chi connectivity index (χ3n) is 2.39. The first-order chi connectivity index (χ1) is 8.58. The number of rotatable bonds is 4. The molecule has 0 amide bonds. The smallest absolute Gasteiger partial charge is 0.356 e. The largest absolute Gasteiger partial charge is 0.476 e. The fraction of sp³-hybridized carbons (Fsp3) is 0.250. The van der Waals surface area contributed by atoms with Crippen molar-refractivity contribution in [2.75, 3.05) is 5.32 Å². The minimum Gasteiger partial charge on any atom is -0.476 e. The molecule has 0 spiro atoms. The number of thiazole rings is 1. The van der Waals surface area contributed by atoms with Gasteiger partial charge in [-0.2, -0.15) is 0 Å². The molecule has 0 radical (unpaired) electrons.